The predicted molar refractivity (Wildman–Crippen MR) is 324 cm³/mol. The molecule has 8 atom stereocenters. The van der Waals surface area contributed by atoms with Crippen molar-refractivity contribution in [3.63, 3.8) is 0 Å². The summed E-state index contributed by atoms with van der Waals surface area (Å²) < 4.78 is 0. The number of likely N-dealkylation sites (N-methyl/N-ethyl adjacent to an activating group) is 1. The molecule has 2 aliphatic carbocycles. The summed E-state index contributed by atoms with van der Waals surface area (Å²) in [4.78, 5) is 98.9. The standard InChI is InChI=1S/C66H78N8O6S2/c1-5-41(2)60(76)72-59(48-24-16-9-17-25-48)66(80)74-38-52(35-57(74)64-71-55(40-82-64)47-22-14-8-15-23-47)69-62(78)50-32-28-44(29-33-50)43-26-30-49(31-27-43)61(77)68-51-34-56(63-70-54(39-81-63)46-20-12-7-13-21-46)73(37-51)65(79)53(36-58(75)42(3)67-4)45-18-10-6-11-19-45/h7-8,12-15,20-23,26-33,39-42,45,48,51-53,56-57,59,67H,5-6,9-11,16-19,24-25,34-38H2,1-4H3,(H,68,77)(H,69,78)(H,72,76)/t41-,42+,51+,52+,53+,56+,57+,59+/m1/s1. The number of benzene rings is 4. The van der Waals surface area contributed by atoms with Crippen molar-refractivity contribution in [2.24, 2.45) is 23.7 Å². The number of hydrogen-bond donors (Lipinski definition) is 4. The Labute approximate surface area is 490 Å². The maximum atomic E-state index is 15.0. The van der Waals surface area contributed by atoms with Crippen molar-refractivity contribution in [3.8, 4) is 33.6 Å². The highest BCUT2D eigenvalue weighted by molar-refractivity contribution is 7.10. The molecule has 4 aliphatic rings. The maximum absolute atomic E-state index is 15.0. The minimum absolute atomic E-state index is 0.0309. The Morgan fingerprint density at radius 2 is 1.02 bits per heavy atom. The van der Waals surface area contributed by atoms with Gasteiger partial charge < -0.3 is 31.1 Å². The summed E-state index contributed by atoms with van der Waals surface area (Å²) in [6.07, 6.45) is 11.8. The van der Waals surface area contributed by atoms with Crippen molar-refractivity contribution in [1.29, 1.82) is 0 Å². The van der Waals surface area contributed by atoms with Crippen LogP contribution in [-0.4, -0.2) is 99.4 Å². The van der Waals surface area contributed by atoms with Gasteiger partial charge in [0.25, 0.3) is 11.8 Å². The maximum Gasteiger partial charge on any atom is 0.251 e. The minimum Gasteiger partial charge on any atom is -0.347 e. The van der Waals surface area contributed by atoms with E-state index in [2.05, 4.69) is 21.3 Å². The van der Waals surface area contributed by atoms with Gasteiger partial charge in [-0.2, -0.15) is 0 Å². The summed E-state index contributed by atoms with van der Waals surface area (Å²) >= 11 is 3.04. The molecule has 2 aromatic heterocycles. The lowest BCUT2D eigenvalue weighted by Crippen LogP contribution is -2.54. The molecule has 4 fully saturated rings. The van der Waals surface area contributed by atoms with E-state index in [9.17, 15) is 28.8 Å². The number of ketones is 1. The molecule has 2 saturated carbocycles. The van der Waals surface area contributed by atoms with Crippen LogP contribution in [0.15, 0.2) is 120 Å². The van der Waals surface area contributed by atoms with E-state index < -0.39 is 12.0 Å². The van der Waals surface area contributed by atoms with E-state index in [-0.39, 0.29) is 96.2 Å². The zero-order valence-electron chi connectivity index (χ0n) is 47.7. The topological polar surface area (TPSA) is 183 Å². The molecule has 0 unspecified atom stereocenters. The molecule has 0 bridgehead atoms. The van der Waals surface area contributed by atoms with Crippen LogP contribution in [0.1, 0.15) is 153 Å². The monoisotopic (exact) mass is 1140 g/mol. The van der Waals surface area contributed by atoms with Crippen LogP contribution in [0.25, 0.3) is 33.6 Å². The number of hydrogen-bond acceptors (Lipinski definition) is 11. The summed E-state index contributed by atoms with van der Waals surface area (Å²) in [5.41, 5.74) is 6.35. The largest absolute Gasteiger partial charge is 0.347 e. The van der Waals surface area contributed by atoms with E-state index in [0.717, 1.165) is 108 Å². The number of aromatic nitrogens is 2. The Balaban J connectivity index is 0.814. The Morgan fingerprint density at radius 1 is 0.573 bits per heavy atom. The average Bonchev–Trinajstić information content (AvgIpc) is 4.06. The molecule has 2 saturated heterocycles. The minimum atomic E-state index is -0.656. The normalized spacial score (nSPS) is 21.1. The molecule has 4 heterocycles. The van der Waals surface area contributed by atoms with Crippen LogP contribution in [0.4, 0.5) is 0 Å². The molecule has 10 rings (SSSR count). The molecule has 5 amide bonds. The van der Waals surface area contributed by atoms with E-state index >= 15 is 0 Å². The van der Waals surface area contributed by atoms with Crippen LogP contribution in [0, 0.1) is 23.7 Å². The van der Waals surface area contributed by atoms with Crippen LogP contribution in [-0.2, 0) is 19.2 Å². The summed E-state index contributed by atoms with van der Waals surface area (Å²) in [5, 5.41) is 18.4. The van der Waals surface area contributed by atoms with Gasteiger partial charge in [-0.1, -0.05) is 137 Å². The van der Waals surface area contributed by atoms with E-state index in [1.165, 1.54) is 22.7 Å². The fourth-order valence-electron chi connectivity index (χ4n) is 12.6. The first kappa shape index (κ1) is 58.3. The number of carbonyl (C=O) groups excluding carboxylic acids is 6. The average molecular weight is 1140 g/mol. The number of carbonyl (C=O) groups is 6. The highest BCUT2D eigenvalue weighted by Crippen LogP contribution is 2.42. The lowest BCUT2D eigenvalue weighted by atomic mass is 9.76. The molecule has 14 nitrogen and oxygen atoms in total. The molecule has 6 aromatic rings. The van der Waals surface area contributed by atoms with Crippen molar-refractivity contribution >= 4 is 58.0 Å². The number of thiazole rings is 2. The van der Waals surface area contributed by atoms with Gasteiger partial charge in [-0.05, 0) is 106 Å². The number of nitrogens with one attached hydrogen (secondary N) is 4. The van der Waals surface area contributed by atoms with Gasteiger partial charge in [0.05, 0.1) is 29.5 Å². The SMILES string of the molecule is CC[C@@H](C)C(=O)N[C@H](C(=O)N1C[C@@H](NC(=O)c2ccc(-c3ccc(C(=O)N[C@H]4C[C@@H](c5nc(-c6ccccc6)cs5)N(C(=O)[C@@H](CC(=O)[C@H](C)NC)C5CCCCC5)C4)cc3)cc2)C[C@H]1c1nc(-c2ccccc2)cs1)C1CCCCC1. The second-order valence-corrected chi connectivity index (χ2v) is 25.0. The first-order valence-corrected chi connectivity index (χ1v) is 31.6. The van der Waals surface area contributed by atoms with Crippen molar-refractivity contribution in [3.05, 3.63) is 141 Å². The molecule has 16 heteroatoms. The molecule has 82 heavy (non-hydrogen) atoms. The highest BCUT2D eigenvalue weighted by Gasteiger charge is 2.45. The molecule has 4 N–H and O–H groups in total. The van der Waals surface area contributed by atoms with Gasteiger partial charge in [-0.15, -0.1) is 22.7 Å². The van der Waals surface area contributed by atoms with E-state index in [4.69, 9.17) is 9.97 Å². The molecule has 4 aromatic carbocycles. The van der Waals surface area contributed by atoms with Gasteiger partial charge in [0.15, 0.2) is 0 Å². The van der Waals surface area contributed by atoms with E-state index in [1.807, 2.05) is 126 Å². The number of rotatable bonds is 20. The Hall–Kier alpha value is -6.88. The summed E-state index contributed by atoms with van der Waals surface area (Å²) in [6, 6.07) is 32.3. The van der Waals surface area contributed by atoms with Gasteiger partial charge in [-0.25, -0.2) is 9.97 Å². The van der Waals surface area contributed by atoms with Gasteiger partial charge in [0.1, 0.15) is 21.8 Å². The van der Waals surface area contributed by atoms with Crippen LogP contribution < -0.4 is 21.3 Å². The summed E-state index contributed by atoms with van der Waals surface area (Å²) in [7, 11) is 1.77. The fraction of sp³-hybridized carbons (Fsp3) is 0.455. The van der Waals surface area contributed by atoms with Crippen LogP contribution in [0.3, 0.4) is 0 Å². The summed E-state index contributed by atoms with van der Waals surface area (Å²) in [5.74, 6) is -1.24. The van der Waals surface area contributed by atoms with Gasteiger partial charge in [-0.3, -0.25) is 28.8 Å². The third-order valence-electron chi connectivity index (χ3n) is 17.8. The molecule has 430 valence electrons. The van der Waals surface area contributed by atoms with Crippen LogP contribution >= 0.6 is 22.7 Å². The van der Waals surface area contributed by atoms with Crippen molar-refractivity contribution < 1.29 is 28.8 Å². The second-order valence-electron chi connectivity index (χ2n) is 23.2. The first-order valence-electron chi connectivity index (χ1n) is 29.8. The zero-order valence-corrected chi connectivity index (χ0v) is 49.3. The quantitative estimate of drug-likeness (QED) is 0.0578. The molecular weight excluding hydrogens is 1060 g/mol. The van der Waals surface area contributed by atoms with Crippen molar-refractivity contribution in [2.45, 2.75) is 147 Å². The van der Waals surface area contributed by atoms with E-state index in [1.54, 1.807) is 31.3 Å². The smallest absolute Gasteiger partial charge is 0.251 e. The Kier molecular flexibility index (Phi) is 19.2. The number of amides is 5. The molecular formula is C66H78N8O6S2. The molecule has 0 radical (unpaired) electrons. The predicted octanol–water partition coefficient (Wildman–Crippen LogP) is 11.6. The van der Waals surface area contributed by atoms with Gasteiger partial charge in [0, 0.05) is 76.4 Å². The summed E-state index contributed by atoms with van der Waals surface area (Å²) in [6.45, 7) is 6.33. The van der Waals surface area contributed by atoms with Crippen LogP contribution in [0.5, 0.6) is 0 Å². The fourth-order valence-corrected chi connectivity index (χ4v) is 14.5. The van der Waals surface area contributed by atoms with Gasteiger partial charge in [0.2, 0.25) is 17.7 Å². The third kappa shape index (κ3) is 13.6. The van der Waals surface area contributed by atoms with E-state index in [0.29, 0.717) is 36.9 Å². The number of nitrogens with zero attached hydrogens (tertiary/aromatic N) is 4. The number of likely N-dealkylation sites (tertiary alicyclic amines) is 2. The Morgan fingerprint density at radius 3 is 1.48 bits per heavy atom. The third-order valence-corrected chi connectivity index (χ3v) is 19.7. The lowest BCUT2D eigenvalue weighted by Gasteiger charge is -2.35. The van der Waals surface area contributed by atoms with Crippen molar-refractivity contribution in [2.75, 3.05) is 20.1 Å². The zero-order chi connectivity index (χ0) is 57.3. The molecule has 0 spiro atoms. The Bertz CT molecular complexity index is 2940. The van der Waals surface area contributed by atoms with Crippen LogP contribution in [0.2, 0.25) is 0 Å². The van der Waals surface area contributed by atoms with Gasteiger partial charge >= 0.3 is 0 Å². The van der Waals surface area contributed by atoms with Crippen molar-refractivity contribution in [1.82, 2.24) is 41.0 Å². The highest BCUT2D eigenvalue weighted by atomic mass is 32.1. The lowest BCUT2D eigenvalue weighted by molar-refractivity contribution is -0.141. The number of Topliss-reactive ketones (excluding diaryl/α,β-unsaturated/α-hetero) is 1. The second kappa shape index (κ2) is 27.0. The molecule has 2 aliphatic heterocycles. The first-order chi connectivity index (χ1) is 39.8.